The third kappa shape index (κ3) is 2.63. The maximum atomic E-state index is 6.01. The van der Waals surface area contributed by atoms with Crippen molar-refractivity contribution in [2.24, 2.45) is 0 Å². The van der Waals surface area contributed by atoms with E-state index in [1.165, 1.54) is 38.5 Å². The predicted molar refractivity (Wildman–Crippen MR) is 54.8 cm³/mol. The lowest BCUT2D eigenvalue weighted by Gasteiger charge is -2.36. The Balaban J connectivity index is 2.37. The van der Waals surface area contributed by atoms with Gasteiger partial charge in [-0.25, -0.2) is 0 Å². The zero-order chi connectivity index (χ0) is 8.86. The van der Waals surface area contributed by atoms with Crippen molar-refractivity contribution in [3.8, 4) is 0 Å². The first-order valence-corrected chi connectivity index (χ1v) is 5.67. The Bertz CT molecular complexity index is 119. The molecular weight excluding hydrogens is 170 g/mol. The fraction of sp³-hybridized carbons (Fsp3) is 1.00. The standard InChI is InChI=1S/C10H20ClN/c1-2-8-12-10(9-11)6-4-3-5-7-10/h12H,2-9H2,1H3. The van der Waals surface area contributed by atoms with Gasteiger partial charge in [0.25, 0.3) is 0 Å². The molecule has 1 saturated carbocycles. The second kappa shape index (κ2) is 5.08. The van der Waals surface area contributed by atoms with Crippen LogP contribution < -0.4 is 5.32 Å². The van der Waals surface area contributed by atoms with Crippen molar-refractivity contribution in [2.45, 2.75) is 51.0 Å². The van der Waals surface area contributed by atoms with Crippen LogP contribution in [0.5, 0.6) is 0 Å². The largest absolute Gasteiger partial charge is 0.310 e. The van der Waals surface area contributed by atoms with Crippen molar-refractivity contribution in [3.63, 3.8) is 0 Å². The fourth-order valence-corrected chi connectivity index (χ4v) is 2.34. The lowest BCUT2D eigenvalue weighted by atomic mass is 9.83. The first-order chi connectivity index (χ1) is 5.83. The summed E-state index contributed by atoms with van der Waals surface area (Å²) in [6.07, 6.45) is 7.85. The summed E-state index contributed by atoms with van der Waals surface area (Å²) in [4.78, 5) is 0. The van der Waals surface area contributed by atoms with Crippen molar-refractivity contribution in [2.75, 3.05) is 12.4 Å². The summed E-state index contributed by atoms with van der Waals surface area (Å²) < 4.78 is 0. The Morgan fingerprint density at radius 3 is 2.42 bits per heavy atom. The Morgan fingerprint density at radius 1 is 1.25 bits per heavy atom. The Hall–Kier alpha value is 0.250. The fourth-order valence-electron chi connectivity index (χ4n) is 1.98. The third-order valence-electron chi connectivity index (χ3n) is 2.82. The molecule has 0 amide bonds. The molecular formula is C10H20ClN. The van der Waals surface area contributed by atoms with Gasteiger partial charge >= 0.3 is 0 Å². The summed E-state index contributed by atoms with van der Waals surface area (Å²) >= 11 is 6.01. The quantitative estimate of drug-likeness (QED) is 0.671. The van der Waals surface area contributed by atoms with E-state index in [-0.39, 0.29) is 5.54 Å². The van der Waals surface area contributed by atoms with E-state index in [0.29, 0.717) is 0 Å². The van der Waals surface area contributed by atoms with Gasteiger partial charge in [-0.2, -0.15) is 0 Å². The van der Waals surface area contributed by atoms with E-state index in [1.807, 2.05) is 0 Å². The second-order valence-corrected chi connectivity index (χ2v) is 4.17. The maximum absolute atomic E-state index is 6.01. The van der Waals surface area contributed by atoms with Crippen molar-refractivity contribution < 1.29 is 0 Å². The highest BCUT2D eigenvalue weighted by molar-refractivity contribution is 6.18. The lowest BCUT2D eigenvalue weighted by Crippen LogP contribution is -2.48. The molecule has 0 radical (unpaired) electrons. The molecule has 1 fully saturated rings. The molecule has 0 aromatic heterocycles. The average molecular weight is 190 g/mol. The van der Waals surface area contributed by atoms with Crippen LogP contribution in [-0.2, 0) is 0 Å². The van der Waals surface area contributed by atoms with Gasteiger partial charge in [-0.15, -0.1) is 11.6 Å². The first kappa shape index (κ1) is 10.3. The Kier molecular flexibility index (Phi) is 4.38. The molecule has 0 aliphatic heterocycles. The summed E-state index contributed by atoms with van der Waals surface area (Å²) in [5.41, 5.74) is 0.288. The third-order valence-corrected chi connectivity index (χ3v) is 3.33. The van der Waals surface area contributed by atoms with Crippen molar-refractivity contribution >= 4 is 11.6 Å². The van der Waals surface area contributed by atoms with Crippen LogP contribution in [0.25, 0.3) is 0 Å². The number of hydrogen-bond donors (Lipinski definition) is 1. The SMILES string of the molecule is CCCNC1(CCl)CCCCC1. The van der Waals surface area contributed by atoms with Gasteiger partial charge in [0.15, 0.2) is 0 Å². The van der Waals surface area contributed by atoms with Crippen LogP contribution >= 0.6 is 11.6 Å². The van der Waals surface area contributed by atoms with E-state index in [9.17, 15) is 0 Å². The number of hydrogen-bond acceptors (Lipinski definition) is 1. The van der Waals surface area contributed by atoms with Gasteiger partial charge in [0.2, 0.25) is 0 Å². The highest BCUT2D eigenvalue weighted by Crippen LogP contribution is 2.29. The van der Waals surface area contributed by atoms with Crippen LogP contribution in [0.3, 0.4) is 0 Å². The lowest BCUT2D eigenvalue weighted by molar-refractivity contribution is 0.259. The summed E-state index contributed by atoms with van der Waals surface area (Å²) in [5, 5.41) is 3.60. The molecule has 0 spiro atoms. The zero-order valence-electron chi connectivity index (χ0n) is 8.03. The topological polar surface area (TPSA) is 12.0 Å². The molecule has 1 aliphatic carbocycles. The van der Waals surface area contributed by atoms with E-state index in [0.717, 1.165) is 12.4 Å². The van der Waals surface area contributed by atoms with Crippen LogP contribution in [0.4, 0.5) is 0 Å². The predicted octanol–water partition coefficient (Wildman–Crippen LogP) is 2.93. The Labute approximate surface area is 80.9 Å². The van der Waals surface area contributed by atoms with E-state index in [4.69, 9.17) is 11.6 Å². The molecule has 12 heavy (non-hydrogen) atoms. The highest BCUT2D eigenvalue weighted by Gasteiger charge is 2.29. The number of alkyl halides is 1. The summed E-state index contributed by atoms with van der Waals surface area (Å²) in [5.74, 6) is 0.785. The normalized spacial score (nSPS) is 22.5. The molecule has 0 heterocycles. The molecule has 2 heteroatoms. The molecule has 0 unspecified atom stereocenters. The van der Waals surface area contributed by atoms with Gasteiger partial charge in [0.1, 0.15) is 0 Å². The van der Waals surface area contributed by atoms with E-state index < -0.39 is 0 Å². The molecule has 72 valence electrons. The van der Waals surface area contributed by atoms with Gasteiger partial charge in [0.05, 0.1) is 0 Å². The molecule has 0 bridgehead atoms. The van der Waals surface area contributed by atoms with Crippen molar-refractivity contribution in [3.05, 3.63) is 0 Å². The summed E-state index contributed by atoms with van der Waals surface area (Å²) in [6, 6.07) is 0. The van der Waals surface area contributed by atoms with E-state index >= 15 is 0 Å². The highest BCUT2D eigenvalue weighted by atomic mass is 35.5. The molecule has 1 nitrogen and oxygen atoms in total. The van der Waals surface area contributed by atoms with Gasteiger partial charge in [-0.3, -0.25) is 0 Å². The van der Waals surface area contributed by atoms with Crippen LogP contribution in [0.2, 0.25) is 0 Å². The molecule has 1 aliphatic rings. The van der Waals surface area contributed by atoms with Gasteiger partial charge in [-0.05, 0) is 25.8 Å². The minimum atomic E-state index is 0.288. The van der Waals surface area contributed by atoms with Crippen molar-refractivity contribution in [1.82, 2.24) is 5.32 Å². The average Bonchev–Trinajstić information content (AvgIpc) is 2.16. The van der Waals surface area contributed by atoms with E-state index in [2.05, 4.69) is 12.2 Å². The summed E-state index contributed by atoms with van der Waals surface area (Å²) in [7, 11) is 0. The minimum Gasteiger partial charge on any atom is -0.310 e. The maximum Gasteiger partial charge on any atom is 0.0406 e. The molecule has 1 N–H and O–H groups in total. The number of nitrogens with one attached hydrogen (secondary N) is 1. The van der Waals surface area contributed by atoms with Crippen LogP contribution in [0.15, 0.2) is 0 Å². The Morgan fingerprint density at radius 2 is 1.92 bits per heavy atom. The number of rotatable bonds is 4. The van der Waals surface area contributed by atoms with Crippen molar-refractivity contribution in [1.29, 1.82) is 0 Å². The van der Waals surface area contributed by atoms with Gasteiger partial charge in [0, 0.05) is 11.4 Å². The summed E-state index contributed by atoms with van der Waals surface area (Å²) in [6.45, 7) is 3.32. The minimum absolute atomic E-state index is 0.288. The van der Waals surface area contributed by atoms with Gasteiger partial charge in [-0.1, -0.05) is 26.2 Å². The molecule has 0 aromatic rings. The first-order valence-electron chi connectivity index (χ1n) is 5.14. The van der Waals surface area contributed by atoms with Crippen LogP contribution in [-0.4, -0.2) is 18.0 Å². The smallest absolute Gasteiger partial charge is 0.0406 e. The van der Waals surface area contributed by atoms with E-state index in [1.54, 1.807) is 0 Å². The zero-order valence-corrected chi connectivity index (χ0v) is 8.79. The van der Waals surface area contributed by atoms with Crippen LogP contribution in [0, 0.1) is 0 Å². The molecule has 0 atom stereocenters. The molecule has 0 aromatic carbocycles. The number of halogens is 1. The monoisotopic (exact) mass is 189 g/mol. The van der Waals surface area contributed by atoms with Gasteiger partial charge < -0.3 is 5.32 Å². The van der Waals surface area contributed by atoms with Crippen LogP contribution in [0.1, 0.15) is 45.4 Å². The molecule has 0 saturated heterocycles. The second-order valence-electron chi connectivity index (χ2n) is 3.90. The molecule has 1 rings (SSSR count).